The topological polar surface area (TPSA) is 73.7 Å². The van der Waals surface area contributed by atoms with Gasteiger partial charge in [-0.05, 0) is 45.1 Å². The van der Waals surface area contributed by atoms with E-state index in [1.54, 1.807) is 17.7 Å². The lowest BCUT2D eigenvalue weighted by atomic mass is 9.90. The van der Waals surface area contributed by atoms with E-state index in [9.17, 15) is 0 Å². The molecule has 8 heteroatoms. The van der Waals surface area contributed by atoms with Crippen LogP contribution >= 0.6 is 11.3 Å². The fourth-order valence-electron chi connectivity index (χ4n) is 5.20. The zero-order valence-corrected chi connectivity index (χ0v) is 19.1. The second-order valence-corrected chi connectivity index (χ2v) is 10.6. The standard InChI is InChI=1S/C23H29N5O2S/c1-23(2)10-15-16(12-30-23)21(28-7-3-4-8-28)27-22-17(15)18-19(31-22)20(26-13-25-18)24-11-14-6-5-9-29-14/h13-14H,3-12H2,1-2H3,(H,24,25,26)/p+1/t14-/m1/s1. The maximum absolute atomic E-state index is 6.25. The van der Waals surface area contributed by atoms with Gasteiger partial charge in [0.05, 0.1) is 47.9 Å². The van der Waals surface area contributed by atoms with E-state index >= 15 is 0 Å². The smallest absolute Gasteiger partial charge is 0.281 e. The lowest BCUT2D eigenvalue weighted by Gasteiger charge is -2.32. The number of aromatic amines is 1. The molecule has 0 aromatic carbocycles. The Morgan fingerprint density at radius 1 is 1.23 bits per heavy atom. The molecule has 6 heterocycles. The highest BCUT2D eigenvalue weighted by Crippen LogP contribution is 2.42. The van der Waals surface area contributed by atoms with Gasteiger partial charge in [0.1, 0.15) is 16.8 Å². The van der Waals surface area contributed by atoms with Gasteiger partial charge in [0, 0.05) is 19.6 Å². The van der Waals surface area contributed by atoms with Crippen LogP contribution in [0.3, 0.4) is 0 Å². The molecule has 2 fully saturated rings. The van der Waals surface area contributed by atoms with E-state index in [0.29, 0.717) is 6.61 Å². The highest BCUT2D eigenvalue weighted by molar-refractivity contribution is 7.25. The Kier molecular flexibility index (Phi) is 4.77. The van der Waals surface area contributed by atoms with Crippen molar-refractivity contribution in [1.82, 2.24) is 9.97 Å². The number of fused-ring (bicyclic) bond motifs is 5. The zero-order chi connectivity index (χ0) is 21.0. The average molecular weight is 441 g/mol. The molecule has 3 aliphatic heterocycles. The molecule has 0 amide bonds. The molecule has 164 valence electrons. The zero-order valence-electron chi connectivity index (χ0n) is 18.3. The Morgan fingerprint density at radius 2 is 2.10 bits per heavy atom. The molecule has 0 radical (unpaired) electrons. The normalized spacial score (nSPS) is 23.0. The maximum atomic E-state index is 6.25. The number of thiophene rings is 1. The van der Waals surface area contributed by atoms with E-state index < -0.39 is 0 Å². The van der Waals surface area contributed by atoms with Gasteiger partial charge in [-0.15, -0.1) is 0 Å². The second-order valence-electron chi connectivity index (χ2n) is 9.57. The molecular formula is C23H30N5O2S+. The number of ether oxygens (including phenoxy) is 2. The first-order valence-electron chi connectivity index (χ1n) is 11.5. The molecule has 2 saturated heterocycles. The number of aromatic nitrogens is 3. The van der Waals surface area contributed by atoms with E-state index in [2.05, 4.69) is 34.0 Å². The van der Waals surface area contributed by atoms with Crippen LogP contribution in [0.15, 0.2) is 6.33 Å². The maximum Gasteiger partial charge on any atom is 0.281 e. The van der Waals surface area contributed by atoms with Crippen LogP contribution in [-0.4, -0.2) is 47.9 Å². The molecule has 31 heavy (non-hydrogen) atoms. The Labute approximate surface area is 186 Å². The first-order valence-corrected chi connectivity index (χ1v) is 12.3. The summed E-state index contributed by atoms with van der Waals surface area (Å²) in [5, 5.41) is 4.79. The first kappa shape index (κ1) is 19.6. The number of H-pyrrole nitrogens is 1. The van der Waals surface area contributed by atoms with Crippen molar-refractivity contribution >= 4 is 43.4 Å². The lowest BCUT2D eigenvalue weighted by molar-refractivity contribution is -0.328. The van der Waals surface area contributed by atoms with Gasteiger partial charge < -0.3 is 14.8 Å². The van der Waals surface area contributed by atoms with Gasteiger partial charge >= 0.3 is 0 Å². The average Bonchev–Trinajstić information content (AvgIpc) is 3.51. The summed E-state index contributed by atoms with van der Waals surface area (Å²) in [7, 11) is 0. The summed E-state index contributed by atoms with van der Waals surface area (Å²) in [6.07, 6.45) is 7.62. The molecule has 0 bridgehead atoms. The number of hydrogen-bond acceptors (Lipinski definition) is 7. The predicted octanol–water partition coefficient (Wildman–Crippen LogP) is 3.70. The van der Waals surface area contributed by atoms with Crippen LogP contribution in [0.25, 0.3) is 20.4 Å². The molecule has 1 atom stereocenters. The van der Waals surface area contributed by atoms with Crippen LogP contribution < -0.4 is 15.2 Å². The molecule has 3 aliphatic rings. The fourth-order valence-corrected chi connectivity index (χ4v) is 6.35. The number of hydrogen-bond donors (Lipinski definition) is 1. The number of nitrogens with one attached hydrogen (secondary N) is 2. The highest BCUT2D eigenvalue weighted by atomic mass is 32.1. The van der Waals surface area contributed by atoms with Gasteiger partial charge in [0.15, 0.2) is 4.83 Å². The summed E-state index contributed by atoms with van der Waals surface area (Å²) in [6.45, 7) is 8.90. The van der Waals surface area contributed by atoms with E-state index in [1.165, 1.54) is 40.0 Å². The lowest BCUT2D eigenvalue weighted by Crippen LogP contribution is -2.36. The van der Waals surface area contributed by atoms with E-state index in [-0.39, 0.29) is 11.7 Å². The van der Waals surface area contributed by atoms with Crippen LogP contribution in [-0.2, 0) is 22.5 Å². The summed E-state index contributed by atoms with van der Waals surface area (Å²) in [6, 6.07) is 0. The third kappa shape index (κ3) is 3.45. The number of pyridine rings is 1. The third-order valence-corrected chi connectivity index (χ3v) is 7.91. The molecule has 0 spiro atoms. The minimum Gasteiger partial charge on any atom is -0.376 e. The molecule has 6 rings (SSSR count). The molecule has 2 N–H and O–H groups in total. The van der Waals surface area contributed by atoms with Gasteiger partial charge in [0.25, 0.3) is 5.82 Å². The van der Waals surface area contributed by atoms with Crippen molar-refractivity contribution in [1.29, 1.82) is 0 Å². The Balaban J connectivity index is 1.50. The molecule has 0 unspecified atom stereocenters. The Morgan fingerprint density at radius 3 is 2.90 bits per heavy atom. The van der Waals surface area contributed by atoms with Gasteiger partial charge in [0.2, 0.25) is 0 Å². The summed E-state index contributed by atoms with van der Waals surface area (Å²) >= 11 is 1.77. The van der Waals surface area contributed by atoms with Crippen LogP contribution in [0.4, 0.5) is 11.6 Å². The van der Waals surface area contributed by atoms with Gasteiger partial charge in [-0.3, -0.25) is 4.90 Å². The third-order valence-electron chi connectivity index (χ3n) is 6.81. The van der Waals surface area contributed by atoms with Crippen LogP contribution in [0, 0.1) is 0 Å². The molecule has 3 aromatic heterocycles. The first-order chi connectivity index (χ1) is 15.1. The molecule has 0 saturated carbocycles. The van der Waals surface area contributed by atoms with Crippen molar-refractivity contribution in [3.8, 4) is 0 Å². The fraction of sp³-hybridized carbons (Fsp3) is 0.609. The summed E-state index contributed by atoms with van der Waals surface area (Å²) in [4.78, 5) is 16.8. The van der Waals surface area contributed by atoms with Crippen LogP contribution in [0.2, 0.25) is 0 Å². The molecule has 7 nitrogen and oxygen atoms in total. The molecular weight excluding hydrogens is 410 g/mol. The SMILES string of the molecule is CC1(C)Cc2c(c(N3CCCC3)[nH+]c3sc4c(NC[C@H]5CCCO5)ncnc4c23)CO1. The van der Waals surface area contributed by atoms with Gasteiger partial charge in [-0.2, -0.15) is 0 Å². The van der Waals surface area contributed by atoms with Crippen molar-refractivity contribution in [2.75, 3.05) is 36.5 Å². The number of rotatable bonds is 4. The second kappa shape index (κ2) is 7.53. The summed E-state index contributed by atoms with van der Waals surface area (Å²) in [5.41, 5.74) is 3.57. The van der Waals surface area contributed by atoms with Gasteiger partial charge in [-0.25, -0.2) is 15.0 Å². The van der Waals surface area contributed by atoms with Crippen molar-refractivity contribution < 1.29 is 14.5 Å². The summed E-state index contributed by atoms with van der Waals surface area (Å²) in [5.74, 6) is 2.15. The number of nitrogens with zero attached hydrogens (tertiary/aromatic N) is 3. The Hall–Kier alpha value is -2.03. The highest BCUT2D eigenvalue weighted by Gasteiger charge is 2.36. The number of anilines is 2. The monoisotopic (exact) mass is 440 g/mol. The quantitative estimate of drug-likeness (QED) is 0.667. The minimum absolute atomic E-state index is 0.175. The van der Waals surface area contributed by atoms with Crippen LogP contribution in [0.1, 0.15) is 50.7 Å². The minimum atomic E-state index is -0.175. The largest absolute Gasteiger partial charge is 0.376 e. The Bertz CT molecular complexity index is 1130. The van der Waals surface area contributed by atoms with Crippen molar-refractivity contribution in [2.45, 2.75) is 64.3 Å². The summed E-state index contributed by atoms with van der Waals surface area (Å²) < 4.78 is 13.2. The van der Waals surface area contributed by atoms with E-state index in [1.807, 2.05) is 0 Å². The van der Waals surface area contributed by atoms with Crippen molar-refractivity contribution in [3.05, 3.63) is 17.5 Å². The van der Waals surface area contributed by atoms with Crippen LogP contribution in [0.5, 0.6) is 0 Å². The van der Waals surface area contributed by atoms with E-state index in [0.717, 1.165) is 61.5 Å². The molecule has 3 aromatic rings. The molecule has 0 aliphatic carbocycles. The van der Waals surface area contributed by atoms with Crippen molar-refractivity contribution in [3.63, 3.8) is 0 Å². The van der Waals surface area contributed by atoms with Gasteiger partial charge in [-0.1, -0.05) is 11.3 Å². The van der Waals surface area contributed by atoms with Crippen molar-refractivity contribution in [2.24, 2.45) is 0 Å². The van der Waals surface area contributed by atoms with E-state index in [4.69, 9.17) is 14.5 Å². The predicted molar refractivity (Wildman–Crippen MR) is 123 cm³/mol.